The Morgan fingerprint density at radius 1 is 0.607 bits per heavy atom. The van der Waals surface area contributed by atoms with E-state index in [9.17, 15) is 39.6 Å². The Hall–Kier alpha value is -5.24. The number of esters is 2. The Morgan fingerprint density at radius 3 is 1.54 bits per heavy atom. The minimum absolute atomic E-state index is 0. The van der Waals surface area contributed by atoms with Crippen molar-refractivity contribution in [2.75, 3.05) is 70.2 Å². The number of nitrogens with one attached hydrogen (secondary N) is 4. The number of fused-ring (bicyclic) bond motifs is 4. The van der Waals surface area contributed by atoms with Crippen LogP contribution in [0.4, 0.5) is 11.4 Å². The number of carbonyl (C=O) groups is 4. The molecule has 330 valence electrons. The fourth-order valence-corrected chi connectivity index (χ4v) is 6.99. The lowest BCUT2D eigenvalue weighted by Crippen LogP contribution is -2.28. The summed E-state index contributed by atoms with van der Waals surface area (Å²) in [6.45, 7) is 7.24. The number of aromatic hydroxyl groups is 4. The first-order valence-electron chi connectivity index (χ1n) is 18.1. The lowest BCUT2D eigenvalue weighted by molar-refractivity contribution is 0.0595. The predicted molar refractivity (Wildman–Crippen MR) is 231 cm³/mol. The Labute approximate surface area is 371 Å². The van der Waals surface area contributed by atoms with E-state index in [2.05, 4.69) is 21.3 Å². The average molecular weight is 931 g/mol. The molecule has 1 heterocycles. The third kappa shape index (κ3) is 9.79. The Balaban J connectivity index is 0.000000319. The van der Waals surface area contributed by atoms with Gasteiger partial charge in [0, 0.05) is 61.8 Å². The zero-order valence-corrected chi connectivity index (χ0v) is 36.2. The second-order valence-electron chi connectivity index (χ2n) is 13.1. The number of hydrogen-bond acceptors (Lipinski definition) is 17. The number of aliphatic hydroxyl groups is 2. The molecule has 0 aromatic heterocycles. The summed E-state index contributed by atoms with van der Waals surface area (Å²) in [6, 6.07) is 5.74. The maximum atomic E-state index is 13.4. The fraction of sp³-hybridized carbons (Fsp3) is 0.300. The van der Waals surface area contributed by atoms with Crippen molar-refractivity contribution in [2.24, 2.45) is 0 Å². The molecule has 0 unspecified atom stereocenters. The number of phenols is 4. The molecule has 0 saturated heterocycles. The molecule has 21 heteroatoms. The van der Waals surface area contributed by atoms with Crippen LogP contribution >= 0.6 is 48.0 Å². The van der Waals surface area contributed by atoms with Gasteiger partial charge >= 0.3 is 11.9 Å². The molecule has 0 amide bonds. The van der Waals surface area contributed by atoms with Crippen LogP contribution in [-0.2, 0) is 4.74 Å². The summed E-state index contributed by atoms with van der Waals surface area (Å²) in [6.07, 6.45) is 0. The van der Waals surface area contributed by atoms with Gasteiger partial charge < -0.3 is 66.1 Å². The van der Waals surface area contributed by atoms with Crippen molar-refractivity contribution in [1.29, 1.82) is 0 Å². The molecular formula is C40H44Cl4N4O13. The van der Waals surface area contributed by atoms with E-state index in [-0.39, 0.29) is 127 Å². The topological polar surface area (TPSA) is 265 Å². The van der Waals surface area contributed by atoms with Gasteiger partial charge in [0.2, 0.25) is 11.6 Å². The number of phenolic OH excluding ortho intramolecular Hbond substituents is 4. The quantitative estimate of drug-likeness (QED) is 0.0317. The normalized spacial score (nSPS) is 12.0. The van der Waals surface area contributed by atoms with Crippen LogP contribution in [0.2, 0.25) is 10.0 Å². The smallest absolute Gasteiger partial charge is 0.347 e. The van der Waals surface area contributed by atoms with E-state index in [1.807, 2.05) is 0 Å². The summed E-state index contributed by atoms with van der Waals surface area (Å²) < 4.78 is 15.9. The van der Waals surface area contributed by atoms with Gasteiger partial charge in [-0.3, -0.25) is 9.59 Å². The van der Waals surface area contributed by atoms with Crippen molar-refractivity contribution < 1.29 is 64.0 Å². The van der Waals surface area contributed by atoms with E-state index >= 15 is 0 Å². The monoisotopic (exact) mass is 928 g/mol. The first-order chi connectivity index (χ1) is 28.1. The number of rotatable bonds is 13. The van der Waals surface area contributed by atoms with Crippen molar-refractivity contribution >= 4 is 82.9 Å². The largest absolute Gasteiger partial charge is 0.507 e. The SMILES string of the molecule is COC(=O)c1c(C)c2c(c(C)c1O)OC(=O)c1c(C)c(Cl)c(O)c(Cl)c1O2.Cl.Cl.O=C1c2c(O)ccc(O)c2C(=O)c2c(NCCNCCO)ccc(NCCNCCO)c21. The number of aliphatic hydroxyl groups excluding tert-OH is 2. The second kappa shape index (κ2) is 21.5. The molecule has 0 radical (unpaired) electrons. The van der Waals surface area contributed by atoms with E-state index in [1.54, 1.807) is 12.1 Å². The van der Waals surface area contributed by atoms with Crippen LogP contribution < -0.4 is 30.7 Å². The molecule has 0 saturated carbocycles. The molecular weight excluding hydrogens is 886 g/mol. The van der Waals surface area contributed by atoms with Crippen LogP contribution in [0.3, 0.4) is 0 Å². The number of ether oxygens (including phenoxy) is 3. The van der Waals surface area contributed by atoms with Crippen LogP contribution in [-0.4, -0.2) is 114 Å². The molecule has 0 bridgehead atoms. The van der Waals surface area contributed by atoms with E-state index in [4.69, 9.17) is 47.6 Å². The third-order valence-corrected chi connectivity index (χ3v) is 10.3. The molecule has 1 aliphatic heterocycles. The maximum absolute atomic E-state index is 13.4. The maximum Gasteiger partial charge on any atom is 0.347 e. The van der Waals surface area contributed by atoms with Gasteiger partial charge in [-0.05, 0) is 50.6 Å². The van der Waals surface area contributed by atoms with Crippen molar-refractivity contribution in [1.82, 2.24) is 10.6 Å². The van der Waals surface area contributed by atoms with Crippen molar-refractivity contribution in [3.8, 4) is 40.2 Å². The number of carbonyl (C=O) groups excluding carboxylic acids is 4. The van der Waals surface area contributed by atoms with Gasteiger partial charge in [-0.15, -0.1) is 24.8 Å². The molecule has 1 aliphatic carbocycles. The van der Waals surface area contributed by atoms with Gasteiger partial charge in [0.1, 0.15) is 33.4 Å². The van der Waals surface area contributed by atoms with Gasteiger partial charge in [0.25, 0.3) is 0 Å². The molecule has 0 atom stereocenters. The summed E-state index contributed by atoms with van der Waals surface area (Å²) in [4.78, 5) is 51.5. The molecule has 4 aromatic carbocycles. The molecule has 10 N–H and O–H groups in total. The number of hydrogen-bond donors (Lipinski definition) is 10. The lowest BCUT2D eigenvalue weighted by atomic mass is 9.81. The van der Waals surface area contributed by atoms with Gasteiger partial charge in [-0.25, -0.2) is 9.59 Å². The molecule has 17 nitrogen and oxygen atoms in total. The Bertz CT molecular complexity index is 2280. The summed E-state index contributed by atoms with van der Waals surface area (Å²) in [5.41, 5.74) is 0.942. The van der Waals surface area contributed by atoms with Gasteiger partial charge in [-0.2, -0.15) is 0 Å². The summed E-state index contributed by atoms with van der Waals surface area (Å²) in [5.74, 6) is -4.60. The minimum atomic E-state index is -0.835. The Kier molecular flexibility index (Phi) is 17.7. The van der Waals surface area contributed by atoms with E-state index in [1.165, 1.54) is 40.0 Å². The van der Waals surface area contributed by atoms with Crippen LogP contribution in [0.15, 0.2) is 24.3 Å². The highest BCUT2D eigenvalue weighted by molar-refractivity contribution is 6.39. The molecule has 0 spiro atoms. The zero-order chi connectivity index (χ0) is 43.3. The lowest BCUT2D eigenvalue weighted by Gasteiger charge is -2.25. The second-order valence-corrected chi connectivity index (χ2v) is 13.9. The van der Waals surface area contributed by atoms with Crippen LogP contribution in [0.5, 0.6) is 40.2 Å². The van der Waals surface area contributed by atoms with Gasteiger partial charge in [0.05, 0.1) is 47.6 Å². The van der Waals surface area contributed by atoms with Crippen molar-refractivity contribution in [3.05, 3.63) is 84.4 Å². The number of anilines is 2. The number of methoxy groups -OCH3 is 1. The minimum Gasteiger partial charge on any atom is -0.507 e. The highest BCUT2D eigenvalue weighted by Crippen LogP contribution is 2.53. The highest BCUT2D eigenvalue weighted by Gasteiger charge is 2.39. The van der Waals surface area contributed by atoms with Crippen LogP contribution in [0.25, 0.3) is 0 Å². The summed E-state index contributed by atoms with van der Waals surface area (Å²) >= 11 is 12.2. The fourth-order valence-electron chi connectivity index (χ4n) is 6.52. The predicted octanol–water partition coefficient (Wildman–Crippen LogP) is 5.15. The number of halogens is 4. The van der Waals surface area contributed by atoms with Crippen LogP contribution in [0.1, 0.15) is 69.2 Å². The zero-order valence-electron chi connectivity index (χ0n) is 33.1. The highest BCUT2D eigenvalue weighted by atomic mass is 35.5. The Morgan fingerprint density at radius 2 is 1.08 bits per heavy atom. The molecule has 6 rings (SSSR count). The molecule has 61 heavy (non-hydrogen) atoms. The summed E-state index contributed by atoms with van der Waals surface area (Å²) in [7, 11) is 1.17. The van der Waals surface area contributed by atoms with Gasteiger partial charge in [0.15, 0.2) is 23.0 Å². The van der Waals surface area contributed by atoms with Crippen molar-refractivity contribution in [2.45, 2.75) is 20.8 Å². The van der Waals surface area contributed by atoms with E-state index < -0.39 is 35.0 Å². The first-order valence-corrected chi connectivity index (χ1v) is 18.8. The molecule has 0 fully saturated rings. The first kappa shape index (κ1) is 50.1. The molecule has 2 aliphatic rings. The molecule has 4 aromatic rings. The average Bonchev–Trinajstić information content (AvgIpc) is 3.38. The van der Waals surface area contributed by atoms with Crippen LogP contribution in [0, 0.1) is 20.8 Å². The third-order valence-electron chi connectivity index (χ3n) is 9.48. The van der Waals surface area contributed by atoms with E-state index in [0.717, 1.165) is 0 Å². The summed E-state index contributed by atoms with van der Waals surface area (Å²) in [5, 5.41) is 70.7. The number of ketones is 2. The van der Waals surface area contributed by atoms with Crippen molar-refractivity contribution in [3.63, 3.8) is 0 Å². The number of benzene rings is 4. The van der Waals surface area contributed by atoms with E-state index in [0.29, 0.717) is 50.6 Å². The van der Waals surface area contributed by atoms with Gasteiger partial charge in [-0.1, -0.05) is 23.2 Å². The standard InChI is InChI=1S/C22H28N4O6.C18H14Cl2O7.2ClH/c27-11-9-23-5-7-25-13-1-2-14(26-8-6-24-10-12-28)18-17(13)21(31)19-15(29)3-4-16(30)20(19)22(18)32;1-5-9-16(11(20)13(22)10(5)19)26-14-6(2)8(17(23)25-4)12(21)7(3)15(14)27-18(9)24;;/h1-4,23-30H,5-12H2;21-22H,1-4H3;2*1H.